The molecule has 5 rings (SSSR count). The van der Waals surface area contributed by atoms with Crippen molar-refractivity contribution in [3.63, 3.8) is 0 Å². The number of rotatable bonds is 10. The molecule has 3 aromatic rings. The molecule has 2 saturated heterocycles. The molecule has 0 saturated carbocycles. The van der Waals surface area contributed by atoms with Gasteiger partial charge in [0.2, 0.25) is 12.3 Å². The largest absolute Gasteiger partial charge is 0.369 e. The van der Waals surface area contributed by atoms with Crippen LogP contribution in [0.25, 0.3) is 10.9 Å². The molecule has 2 aromatic carbocycles. The van der Waals surface area contributed by atoms with Crippen LogP contribution in [0.5, 0.6) is 0 Å². The zero-order valence-corrected chi connectivity index (χ0v) is 23.8. The summed E-state index contributed by atoms with van der Waals surface area (Å²) in [6, 6.07) is 15.4. The van der Waals surface area contributed by atoms with Crippen LogP contribution in [0.1, 0.15) is 31.2 Å². The van der Waals surface area contributed by atoms with Crippen LogP contribution in [0, 0.1) is 0 Å². The van der Waals surface area contributed by atoms with Gasteiger partial charge in [-0.2, -0.15) is 5.10 Å². The zero-order valence-electron chi connectivity index (χ0n) is 23.0. The number of fused-ring (bicyclic) bond motifs is 1. The van der Waals surface area contributed by atoms with Crippen molar-refractivity contribution < 1.29 is 9.59 Å². The van der Waals surface area contributed by atoms with Crippen molar-refractivity contribution in [2.75, 3.05) is 62.7 Å². The molecule has 10 heteroatoms. The van der Waals surface area contributed by atoms with Gasteiger partial charge in [-0.25, -0.2) is 4.31 Å². The van der Waals surface area contributed by atoms with Crippen LogP contribution in [-0.2, 0) is 23.2 Å². The maximum Gasteiger partial charge on any atom is 0.221 e. The zero-order chi connectivity index (χ0) is 27.2. The molecule has 0 radical (unpaired) electrons. The first-order chi connectivity index (χ1) is 19.0. The molecule has 0 aliphatic carbocycles. The number of hydrogen-bond acceptors (Lipinski definition) is 7. The molecular weight excluding hydrogens is 510 g/mol. The number of piperidine rings is 1. The number of nitrogens with zero attached hydrogens (tertiary/aromatic N) is 6. The molecule has 2 amide bonds. The molecule has 0 unspecified atom stereocenters. The first kappa shape index (κ1) is 27.5. The summed E-state index contributed by atoms with van der Waals surface area (Å²) in [5.74, 6) is 0.482. The average molecular weight is 550 g/mol. The highest BCUT2D eigenvalue weighted by Gasteiger charge is 2.21. The Balaban J connectivity index is 1.19. The summed E-state index contributed by atoms with van der Waals surface area (Å²) in [5, 5.41) is 8.11. The number of aromatic nitrogens is 2. The van der Waals surface area contributed by atoms with Gasteiger partial charge in [0.25, 0.3) is 0 Å². The van der Waals surface area contributed by atoms with Crippen molar-refractivity contribution in [1.29, 1.82) is 0 Å². The lowest BCUT2D eigenvalue weighted by molar-refractivity contribution is -0.120. The number of carbonyl (C=O) groups is 2. The number of amides is 2. The maximum atomic E-state index is 11.8. The Bertz CT molecular complexity index is 1280. The smallest absolute Gasteiger partial charge is 0.221 e. The summed E-state index contributed by atoms with van der Waals surface area (Å²) in [4.78, 5) is 31.3. The minimum atomic E-state index is -0.104. The third kappa shape index (κ3) is 6.74. The molecule has 208 valence electrons. The van der Waals surface area contributed by atoms with E-state index in [1.807, 2.05) is 29.7 Å². The van der Waals surface area contributed by atoms with Gasteiger partial charge < -0.3 is 10.2 Å². The number of benzene rings is 2. The number of anilines is 2. The number of nitrogens with one attached hydrogen (secondary N) is 1. The van der Waals surface area contributed by atoms with Crippen LogP contribution in [0.3, 0.4) is 0 Å². The SMILES string of the molecule is CNC(=O)CCN(C=O)c1nn(C)c2cc(N3CCN(Cc4cccc(SN5CCCCC5)c4)CC3)ccc12. The van der Waals surface area contributed by atoms with E-state index in [0.29, 0.717) is 12.4 Å². The minimum Gasteiger partial charge on any atom is -0.369 e. The maximum absolute atomic E-state index is 11.8. The van der Waals surface area contributed by atoms with E-state index in [-0.39, 0.29) is 12.3 Å². The van der Waals surface area contributed by atoms with Crippen LogP contribution >= 0.6 is 11.9 Å². The number of hydrogen-bond donors (Lipinski definition) is 1. The van der Waals surface area contributed by atoms with E-state index in [2.05, 4.69) is 60.9 Å². The predicted molar refractivity (Wildman–Crippen MR) is 158 cm³/mol. The second-order valence-electron chi connectivity index (χ2n) is 10.4. The molecule has 0 bridgehead atoms. The number of aryl methyl sites for hydroxylation is 1. The average Bonchev–Trinajstić information content (AvgIpc) is 3.30. The van der Waals surface area contributed by atoms with E-state index in [1.54, 1.807) is 7.05 Å². The molecule has 2 fully saturated rings. The monoisotopic (exact) mass is 549 g/mol. The topological polar surface area (TPSA) is 76.9 Å². The molecule has 0 spiro atoms. The highest BCUT2D eigenvalue weighted by atomic mass is 32.2. The molecule has 0 atom stereocenters. The molecule has 9 nitrogen and oxygen atoms in total. The Hall–Kier alpha value is -3.08. The van der Waals surface area contributed by atoms with E-state index in [1.165, 1.54) is 53.4 Å². The summed E-state index contributed by atoms with van der Waals surface area (Å²) >= 11 is 1.91. The van der Waals surface area contributed by atoms with E-state index in [9.17, 15) is 9.59 Å². The number of carbonyl (C=O) groups excluding carboxylic acids is 2. The van der Waals surface area contributed by atoms with Crippen molar-refractivity contribution in [3.05, 3.63) is 48.0 Å². The minimum absolute atomic E-state index is 0.104. The molecule has 39 heavy (non-hydrogen) atoms. The van der Waals surface area contributed by atoms with Gasteiger partial charge in [0.05, 0.1) is 5.52 Å². The molecule has 2 aliphatic rings. The highest BCUT2D eigenvalue weighted by Crippen LogP contribution is 2.30. The van der Waals surface area contributed by atoms with Crippen LogP contribution in [0.2, 0.25) is 0 Å². The van der Waals surface area contributed by atoms with Crippen LogP contribution in [0.15, 0.2) is 47.4 Å². The van der Waals surface area contributed by atoms with Gasteiger partial charge in [0, 0.05) is 88.8 Å². The third-order valence-electron chi connectivity index (χ3n) is 7.67. The quantitative estimate of drug-likeness (QED) is 0.307. The van der Waals surface area contributed by atoms with Gasteiger partial charge in [-0.15, -0.1) is 0 Å². The Morgan fingerprint density at radius 2 is 1.85 bits per heavy atom. The Kier molecular flexibility index (Phi) is 9.06. The summed E-state index contributed by atoms with van der Waals surface area (Å²) in [7, 11) is 3.49. The van der Waals surface area contributed by atoms with E-state index in [0.717, 1.165) is 50.0 Å². The molecular formula is C29H39N7O2S. The molecule has 1 N–H and O–H groups in total. The third-order valence-corrected chi connectivity index (χ3v) is 8.75. The van der Waals surface area contributed by atoms with E-state index < -0.39 is 0 Å². The molecule has 2 aliphatic heterocycles. The van der Waals surface area contributed by atoms with Gasteiger partial charge >= 0.3 is 0 Å². The van der Waals surface area contributed by atoms with Gasteiger partial charge in [0.1, 0.15) is 0 Å². The van der Waals surface area contributed by atoms with E-state index >= 15 is 0 Å². The van der Waals surface area contributed by atoms with Gasteiger partial charge in [-0.05, 0) is 60.7 Å². The second-order valence-corrected chi connectivity index (χ2v) is 11.5. The van der Waals surface area contributed by atoms with E-state index in [4.69, 9.17) is 0 Å². The second kappa shape index (κ2) is 12.8. The number of piperazine rings is 1. The van der Waals surface area contributed by atoms with Crippen LogP contribution in [0.4, 0.5) is 11.5 Å². The van der Waals surface area contributed by atoms with Crippen molar-refractivity contribution >= 4 is 46.7 Å². The summed E-state index contributed by atoms with van der Waals surface area (Å²) in [6.45, 7) is 7.59. The van der Waals surface area contributed by atoms with Gasteiger partial charge in [0.15, 0.2) is 5.82 Å². The van der Waals surface area contributed by atoms with Gasteiger partial charge in [-0.3, -0.25) is 24.1 Å². The van der Waals surface area contributed by atoms with Crippen molar-refractivity contribution in [1.82, 2.24) is 24.3 Å². The standard InChI is InChI=1S/C29H39N7O2S/c1-30-28(38)11-14-35(22-37)29-26-10-9-24(20-27(26)32(2)31-29)34-17-15-33(16-18-34)21-23-7-6-8-25(19-23)39-36-12-4-3-5-13-36/h6-10,19-20,22H,3-5,11-18,21H2,1-2H3,(H,30,38). The van der Waals surface area contributed by atoms with Crippen molar-refractivity contribution in [2.24, 2.45) is 7.05 Å². The predicted octanol–water partition coefficient (Wildman–Crippen LogP) is 3.49. The Morgan fingerprint density at radius 1 is 1.05 bits per heavy atom. The lowest BCUT2D eigenvalue weighted by atomic mass is 10.1. The van der Waals surface area contributed by atoms with Crippen molar-refractivity contribution in [3.8, 4) is 0 Å². The first-order valence-corrected chi connectivity index (χ1v) is 14.7. The normalized spacial score (nSPS) is 16.9. The lowest BCUT2D eigenvalue weighted by Crippen LogP contribution is -2.45. The molecule has 1 aromatic heterocycles. The van der Waals surface area contributed by atoms with Gasteiger partial charge in [-0.1, -0.05) is 18.6 Å². The fourth-order valence-electron chi connectivity index (χ4n) is 5.42. The summed E-state index contributed by atoms with van der Waals surface area (Å²) in [6.07, 6.45) is 4.96. The highest BCUT2D eigenvalue weighted by molar-refractivity contribution is 7.97. The molecule has 3 heterocycles. The summed E-state index contributed by atoms with van der Waals surface area (Å²) in [5.41, 5.74) is 3.52. The van der Waals surface area contributed by atoms with Crippen LogP contribution < -0.4 is 15.1 Å². The lowest BCUT2D eigenvalue weighted by Gasteiger charge is -2.36. The van der Waals surface area contributed by atoms with Crippen LogP contribution in [-0.4, -0.2) is 84.2 Å². The Labute approximate surface area is 235 Å². The Morgan fingerprint density at radius 3 is 2.59 bits per heavy atom. The first-order valence-electron chi connectivity index (χ1n) is 13.9. The fraction of sp³-hybridized carbons (Fsp3) is 0.483. The fourth-order valence-corrected chi connectivity index (χ4v) is 6.50. The summed E-state index contributed by atoms with van der Waals surface area (Å²) < 4.78 is 4.32. The van der Waals surface area contributed by atoms with Crippen molar-refractivity contribution in [2.45, 2.75) is 37.1 Å².